The molecule has 0 saturated carbocycles. The van der Waals surface area contributed by atoms with Gasteiger partial charge in [-0.25, -0.2) is 36.7 Å². The predicted octanol–water partition coefficient (Wildman–Crippen LogP) is 6.53. The highest BCUT2D eigenvalue weighted by atomic mass is 32.2. The van der Waals surface area contributed by atoms with Crippen LogP contribution in [0.4, 0.5) is 35.9 Å². The number of halogens is 6. The fraction of sp³-hybridized carbons (Fsp3) is 0.636. The highest BCUT2D eigenvalue weighted by Gasteiger charge is 2.30. The average Bonchev–Trinajstić information content (AvgIpc) is 3.31. The summed E-state index contributed by atoms with van der Waals surface area (Å²) in [7, 11) is 6.24. The molecule has 24 heteroatoms. The third-order valence-corrected chi connectivity index (χ3v) is 9.81. The molecule has 2 N–H and O–H groups in total. The van der Waals surface area contributed by atoms with Crippen LogP contribution in [0.5, 0.6) is 11.5 Å². The number of esters is 2. The molecule has 2 aromatic carbocycles. The van der Waals surface area contributed by atoms with Gasteiger partial charge < -0.3 is 62.7 Å². The molecule has 0 saturated heterocycles. The summed E-state index contributed by atoms with van der Waals surface area (Å²) in [6, 6.07) is -1.50. The van der Waals surface area contributed by atoms with Crippen LogP contribution in [0.3, 0.4) is 0 Å². The van der Waals surface area contributed by atoms with Crippen LogP contribution in [0.1, 0.15) is 49.7 Å². The number of nitrogens with one attached hydrogen (secondary N) is 2. The molecule has 0 unspecified atom stereocenters. The van der Waals surface area contributed by atoms with E-state index in [1.807, 2.05) is 0 Å². The van der Waals surface area contributed by atoms with Crippen molar-refractivity contribution in [1.82, 2.24) is 10.6 Å². The van der Waals surface area contributed by atoms with E-state index in [2.05, 4.69) is 10.6 Å². The molecule has 68 heavy (non-hydrogen) atoms. The monoisotopic (exact) mass is 1010 g/mol. The third kappa shape index (κ3) is 25.8. The second-order valence-corrected chi connectivity index (χ2v) is 15.4. The molecular weight excluding hydrogens is 943 g/mol. The number of carbonyl (C=O) groups excluding carboxylic acids is 4. The van der Waals surface area contributed by atoms with Crippen LogP contribution in [0.15, 0.2) is 12.1 Å². The SMILES string of the molecule is COCCCCCOC(=O)N[C@@H](COCCOCCOC)C(=O)Oc1c(F)c(C)cc(F)c1F.COCCCCCOC(=O)N[C@@H](CSCCOCCOC)C(=O)Oc1c(F)c(C)cc(F)c1F. The third-order valence-electron chi connectivity index (χ3n) is 8.78. The molecule has 2 atom stereocenters. The lowest BCUT2D eigenvalue weighted by atomic mass is 10.2. The zero-order valence-corrected chi connectivity index (χ0v) is 40.1. The van der Waals surface area contributed by atoms with Crippen molar-refractivity contribution in [3.8, 4) is 11.5 Å². The van der Waals surface area contributed by atoms with Crippen molar-refractivity contribution < 1.29 is 97.6 Å². The Labute approximate surface area is 396 Å². The molecule has 0 aliphatic rings. The lowest BCUT2D eigenvalue weighted by molar-refractivity contribution is -0.139. The molecule has 0 heterocycles. The van der Waals surface area contributed by atoms with Crippen LogP contribution in [0.2, 0.25) is 0 Å². The molecule has 17 nitrogen and oxygen atoms in total. The van der Waals surface area contributed by atoms with E-state index in [1.165, 1.54) is 32.7 Å². The second-order valence-electron chi connectivity index (χ2n) is 14.2. The van der Waals surface area contributed by atoms with Crippen LogP contribution in [-0.4, -0.2) is 155 Å². The van der Waals surface area contributed by atoms with Gasteiger partial charge in [0.25, 0.3) is 0 Å². The first-order valence-electron chi connectivity index (χ1n) is 21.5. The van der Waals surface area contributed by atoms with Gasteiger partial charge in [0.2, 0.25) is 23.1 Å². The molecule has 0 bridgehead atoms. The highest BCUT2D eigenvalue weighted by molar-refractivity contribution is 7.99. The number of alkyl carbamates (subject to hydrolysis) is 2. The molecule has 2 amide bonds. The molecule has 388 valence electrons. The van der Waals surface area contributed by atoms with Gasteiger partial charge in [0, 0.05) is 53.2 Å². The maximum absolute atomic E-state index is 14.2. The smallest absolute Gasteiger partial charge is 0.407 e. The number of benzene rings is 2. The Kier molecular flexibility index (Phi) is 33.9. The fourth-order valence-corrected chi connectivity index (χ4v) is 5.99. The van der Waals surface area contributed by atoms with E-state index in [-0.39, 0.29) is 43.3 Å². The van der Waals surface area contributed by atoms with Crippen molar-refractivity contribution in [2.45, 2.75) is 64.5 Å². The number of rotatable bonds is 34. The topological polar surface area (TPSA) is 194 Å². The summed E-state index contributed by atoms with van der Waals surface area (Å²) in [5, 5.41) is 4.57. The maximum Gasteiger partial charge on any atom is 0.407 e. The lowest BCUT2D eigenvalue weighted by Gasteiger charge is -2.18. The minimum Gasteiger partial charge on any atom is -0.450 e. The largest absolute Gasteiger partial charge is 0.450 e. The number of thioether (sulfide) groups is 1. The summed E-state index contributed by atoms with van der Waals surface area (Å²) in [6.07, 6.45) is 2.47. The quantitative estimate of drug-likeness (QED) is 0.0252. The summed E-state index contributed by atoms with van der Waals surface area (Å²) in [5.74, 6) is -12.8. The van der Waals surface area contributed by atoms with Crippen molar-refractivity contribution in [1.29, 1.82) is 0 Å². The predicted molar refractivity (Wildman–Crippen MR) is 235 cm³/mol. The van der Waals surface area contributed by atoms with E-state index in [0.29, 0.717) is 77.0 Å². The number of hydrogen-bond acceptors (Lipinski definition) is 16. The van der Waals surface area contributed by atoms with Gasteiger partial charge in [-0.2, -0.15) is 20.5 Å². The molecular formula is C44H64F6N2O15S. The Morgan fingerprint density at radius 2 is 0.897 bits per heavy atom. The van der Waals surface area contributed by atoms with Gasteiger partial charge in [-0.3, -0.25) is 0 Å². The van der Waals surface area contributed by atoms with Gasteiger partial charge in [-0.1, -0.05) is 0 Å². The van der Waals surface area contributed by atoms with Gasteiger partial charge in [-0.05, 0) is 75.6 Å². The Morgan fingerprint density at radius 1 is 0.500 bits per heavy atom. The number of methoxy groups -OCH3 is 4. The highest BCUT2D eigenvalue weighted by Crippen LogP contribution is 2.28. The molecule has 2 aromatic rings. The van der Waals surface area contributed by atoms with E-state index in [9.17, 15) is 45.5 Å². The van der Waals surface area contributed by atoms with Crippen molar-refractivity contribution in [2.24, 2.45) is 0 Å². The van der Waals surface area contributed by atoms with E-state index in [4.69, 9.17) is 52.1 Å². The van der Waals surface area contributed by atoms with Crippen LogP contribution >= 0.6 is 11.8 Å². The van der Waals surface area contributed by atoms with Crippen LogP contribution in [-0.2, 0) is 52.2 Å². The van der Waals surface area contributed by atoms with Crippen LogP contribution < -0.4 is 20.1 Å². The number of aryl methyl sites for hydroxylation is 2. The Morgan fingerprint density at radius 3 is 1.37 bits per heavy atom. The van der Waals surface area contributed by atoms with Gasteiger partial charge in [-0.15, -0.1) is 0 Å². The van der Waals surface area contributed by atoms with Crippen molar-refractivity contribution >= 4 is 35.9 Å². The molecule has 0 radical (unpaired) electrons. The summed E-state index contributed by atoms with van der Waals surface area (Å²) in [6.45, 7) is 5.47. The zero-order valence-electron chi connectivity index (χ0n) is 39.3. The Bertz CT molecular complexity index is 1610. The maximum atomic E-state index is 14.2. The number of unbranched alkanes of at least 4 members (excludes halogenated alkanes) is 4. The Balaban J connectivity index is 0.000000680. The van der Waals surface area contributed by atoms with Crippen molar-refractivity contribution in [3.05, 3.63) is 58.2 Å². The van der Waals surface area contributed by atoms with E-state index in [1.54, 1.807) is 21.3 Å². The molecule has 0 fully saturated rings. The summed E-state index contributed by atoms with van der Waals surface area (Å²) in [4.78, 5) is 49.4. The number of ether oxygens (including phenoxy) is 11. The molecule has 0 aliphatic heterocycles. The normalized spacial score (nSPS) is 11.8. The van der Waals surface area contributed by atoms with Crippen LogP contribution in [0, 0.1) is 48.8 Å². The minimum absolute atomic E-state index is 0.00689. The molecule has 0 aliphatic carbocycles. The average molecular weight is 1010 g/mol. The molecule has 0 spiro atoms. The second kappa shape index (κ2) is 37.5. The van der Waals surface area contributed by atoms with Gasteiger partial charge >= 0.3 is 24.1 Å². The summed E-state index contributed by atoms with van der Waals surface area (Å²) < 4.78 is 139. The Hall–Kier alpha value is -4.43. The van der Waals surface area contributed by atoms with Crippen molar-refractivity contribution in [2.75, 3.05) is 119 Å². The van der Waals surface area contributed by atoms with Gasteiger partial charge in [0.15, 0.2) is 29.3 Å². The molecule has 2 rings (SSSR count). The number of hydrogen-bond donors (Lipinski definition) is 2. The zero-order chi connectivity index (χ0) is 50.7. The first kappa shape index (κ1) is 61.6. The van der Waals surface area contributed by atoms with Gasteiger partial charge in [0.1, 0.15) is 6.04 Å². The summed E-state index contributed by atoms with van der Waals surface area (Å²) in [5.41, 5.74) is -0.495. The summed E-state index contributed by atoms with van der Waals surface area (Å²) >= 11 is 1.24. The van der Waals surface area contributed by atoms with Crippen LogP contribution in [0.25, 0.3) is 0 Å². The van der Waals surface area contributed by atoms with E-state index < -0.39 is 89.2 Å². The standard InChI is InChI=1S/C22H32F3NO8.C22H32F3NO7S/c1-15-13-16(23)19(25)20(18(15)24)34-21(27)17(14-32-12-11-31-10-9-30-3)26-22(28)33-8-6-4-5-7-29-2;1-15-13-16(23)19(25)20(18(15)24)33-21(27)17(14-34-12-11-31-10-9-30-3)26-22(28)32-8-6-4-5-7-29-2/h2*13,17H,4-12,14H2,1-3H3,(H,26,28)/t2*17-/m00/s1. The molecule has 0 aromatic heterocycles. The van der Waals surface area contributed by atoms with E-state index in [0.717, 1.165) is 25.7 Å². The first-order valence-corrected chi connectivity index (χ1v) is 22.6. The van der Waals surface area contributed by atoms with E-state index >= 15 is 0 Å². The number of carbonyl (C=O) groups is 4. The van der Waals surface area contributed by atoms with Gasteiger partial charge in [0.05, 0.1) is 66.1 Å². The minimum atomic E-state index is -1.67. The van der Waals surface area contributed by atoms with Crippen molar-refractivity contribution in [3.63, 3.8) is 0 Å². The fourth-order valence-electron chi connectivity index (χ4n) is 5.14. The first-order chi connectivity index (χ1) is 32.6. The number of amides is 2. The lowest BCUT2D eigenvalue weighted by Crippen LogP contribution is -2.46.